The van der Waals surface area contributed by atoms with Crippen LogP contribution in [0.25, 0.3) is 6.08 Å². The van der Waals surface area contributed by atoms with E-state index in [-0.39, 0.29) is 36.1 Å². The van der Waals surface area contributed by atoms with Gasteiger partial charge < -0.3 is 10.2 Å². The maximum absolute atomic E-state index is 13.9. The number of pyridine rings is 1. The molecule has 2 aromatic rings. The van der Waals surface area contributed by atoms with Crippen LogP contribution in [0, 0.1) is 17.7 Å². The zero-order valence-corrected chi connectivity index (χ0v) is 20.8. The largest absolute Gasteiger partial charge is 0.339 e. The van der Waals surface area contributed by atoms with Gasteiger partial charge in [0.05, 0.1) is 12.2 Å². The second kappa shape index (κ2) is 11.0. The highest BCUT2D eigenvalue weighted by Gasteiger charge is 2.55. The number of nitrogens with zero attached hydrogens (tertiary/aromatic N) is 3. The first-order valence-corrected chi connectivity index (χ1v) is 12.6. The molecule has 36 heavy (non-hydrogen) atoms. The van der Waals surface area contributed by atoms with E-state index in [4.69, 9.17) is 0 Å². The standard InChI is InChI=1S/C28H33FN4O3/c1-20(2)12-15-28(26(35)33(27(36)31-28)19-23-8-5-6-16-30-23)22-13-17-32(18-14-22)25(34)11-10-21-7-3-4-9-24(21)29/h3-11,16,20,22H,12-15,17-19H2,1-2H3,(H,31,36)/b11-10+/t28-/m1/s1. The normalized spacial score (nSPS) is 21.0. The lowest BCUT2D eigenvalue weighted by Crippen LogP contribution is -2.56. The Kier molecular flexibility index (Phi) is 7.82. The second-order valence-electron chi connectivity index (χ2n) is 10.0. The molecule has 0 bridgehead atoms. The third-order valence-corrected chi connectivity index (χ3v) is 7.18. The van der Waals surface area contributed by atoms with Crippen LogP contribution in [-0.4, -0.2) is 51.3 Å². The topological polar surface area (TPSA) is 82.6 Å². The summed E-state index contributed by atoms with van der Waals surface area (Å²) in [4.78, 5) is 46.7. The monoisotopic (exact) mass is 492 g/mol. The maximum Gasteiger partial charge on any atom is 0.325 e. The number of piperidine rings is 1. The molecule has 1 aromatic heterocycles. The Morgan fingerprint density at radius 3 is 2.56 bits per heavy atom. The number of nitrogens with one attached hydrogen (secondary N) is 1. The molecular formula is C28H33FN4O3. The van der Waals surface area contributed by atoms with Crippen molar-refractivity contribution in [2.24, 2.45) is 11.8 Å². The molecule has 2 aliphatic rings. The van der Waals surface area contributed by atoms with Crippen LogP contribution >= 0.6 is 0 Å². The van der Waals surface area contributed by atoms with Crippen LogP contribution in [0.5, 0.6) is 0 Å². The van der Waals surface area contributed by atoms with Gasteiger partial charge in [-0.1, -0.05) is 38.1 Å². The molecule has 8 heteroatoms. The van der Waals surface area contributed by atoms with Crippen LogP contribution in [0.2, 0.25) is 0 Å². The van der Waals surface area contributed by atoms with E-state index in [2.05, 4.69) is 24.1 Å². The molecule has 4 amide bonds. The van der Waals surface area contributed by atoms with Gasteiger partial charge in [-0.25, -0.2) is 9.18 Å². The molecule has 0 unspecified atom stereocenters. The van der Waals surface area contributed by atoms with Crippen LogP contribution in [0.4, 0.5) is 9.18 Å². The summed E-state index contributed by atoms with van der Waals surface area (Å²) in [6, 6.07) is 11.3. The summed E-state index contributed by atoms with van der Waals surface area (Å²) in [5.41, 5.74) is 0.0391. The highest BCUT2D eigenvalue weighted by Crippen LogP contribution is 2.38. The molecule has 1 N–H and O–H groups in total. The minimum atomic E-state index is -0.978. The van der Waals surface area contributed by atoms with E-state index in [1.807, 2.05) is 6.07 Å². The number of urea groups is 1. The molecule has 0 aliphatic carbocycles. The SMILES string of the molecule is CC(C)CC[C@]1(C2CCN(C(=O)/C=C/c3ccccc3F)CC2)NC(=O)N(Cc2ccccn2)C1=O. The molecule has 2 aliphatic heterocycles. The summed E-state index contributed by atoms with van der Waals surface area (Å²) in [6.07, 6.45) is 7.08. The Hall–Kier alpha value is -3.55. The number of carbonyl (C=O) groups is 3. The molecule has 3 heterocycles. The Morgan fingerprint density at radius 2 is 1.89 bits per heavy atom. The number of hydrogen-bond acceptors (Lipinski definition) is 4. The first-order chi connectivity index (χ1) is 17.3. The van der Waals surface area contributed by atoms with Crippen molar-refractivity contribution in [3.8, 4) is 0 Å². The van der Waals surface area contributed by atoms with Gasteiger partial charge in [-0.05, 0) is 61.8 Å². The van der Waals surface area contributed by atoms with Crippen molar-refractivity contribution in [3.63, 3.8) is 0 Å². The molecule has 7 nitrogen and oxygen atoms in total. The summed E-state index contributed by atoms with van der Waals surface area (Å²) in [5, 5.41) is 3.06. The number of hydrogen-bond donors (Lipinski definition) is 1. The van der Waals surface area contributed by atoms with E-state index in [0.717, 1.165) is 6.42 Å². The fraction of sp³-hybridized carbons (Fsp3) is 0.429. The van der Waals surface area contributed by atoms with Gasteiger partial charge in [0.2, 0.25) is 5.91 Å². The molecule has 0 spiro atoms. The molecule has 0 saturated carbocycles. The highest BCUT2D eigenvalue weighted by molar-refractivity contribution is 6.07. The number of aromatic nitrogens is 1. The maximum atomic E-state index is 13.9. The van der Waals surface area contributed by atoms with Crippen LogP contribution in [0.3, 0.4) is 0 Å². The molecule has 2 saturated heterocycles. The van der Waals surface area contributed by atoms with Crippen LogP contribution < -0.4 is 5.32 Å². The quantitative estimate of drug-likeness (QED) is 0.437. The molecule has 2 fully saturated rings. The van der Waals surface area contributed by atoms with Crippen molar-refractivity contribution in [1.82, 2.24) is 20.1 Å². The summed E-state index contributed by atoms with van der Waals surface area (Å²) in [5.74, 6) is -0.477. The van der Waals surface area contributed by atoms with Gasteiger partial charge in [-0.15, -0.1) is 0 Å². The zero-order chi connectivity index (χ0) is 25.7. The first kappa shape index (κ1) is 25.5. The summed E-state index contributed by atoms with van der Waals surface area (Å²) in [7, 11) is 0. The predicted molar refractivity (Wildman–Crippen MR) is 135 cm³/mol. The average Bonchev–Trinajstić information content (AvgIpc) is 3.12. The van der Waals surface area contributed by atoms with Crippen LogP contribution in [0.1, 0.15) is 50.8 Å². The van der Waals surface area contributed by atoms with Crippen LogP contribution in [0.15, 0.2) is 54.7 Å². The lowest BCUT2D eigenvalue weighted by Gasteiger charge is -2.41. The number of imide groups is 1. The second-order valence-corrected chi connectivity index (χ2v) is 10.0. The highest BCUT2D eigenvalue weighted by atomic mass is 19.1. The van der Waals surface area contributed by atoms with Crippen LogP contribution in [-0.2, 0) is 16.1 Å². The molecule has 4 rings (SSSR count). The zero-order valence-electron chi connectivity index (χ0n) is 20.8. The van der Waals surface area contributed by atoms with E-state index in [9.17, 15) is 18.8 Å². The predicted octanol–water partition coefficient (Wildman–Crippen LogP) is 4.40. The van der Waals surface area contributed by atoms with Crippen molar-refractivity contribution in [3.05, 3.63) is 71.8 Å². The number of halogens is 1. The lowest BCUT2D eigenvalue weighted by molar-refractivity contribution is -0.135. The van der Waals surface area contributed by atoms with Gasteiger partial charge in [-0.2, -0.15) is 0 Å². The van der Waals surface area contributed by atoms with Gasteiger partial charge in [0.1, 0.15) is 11.4 Å². The fourth-order valence-electron chi connectivity index (χ4n) is 5.08. The average molecular weight is 493 g/mol. The molecular weight excluding hydrogens is 459 g/mol. The summed E-state index contributed by atoms with van der Waals surface area (Å²) < 4.78 is 13.9. The van der Waals surface area contributed by atoms with Gasteiger partial charge in [-0.3, -0.25) is 19.5 Å². The van der Waals surface area contributed by atoms with E-state index in [1.165, 1.54) is 23.1 Å². The van der Waals surface area contributed by atoms with E-state index in [1.54, 1.807) is 41.4 Å². The Balaban J connectivity index is 1.46. The number of amides is 4. The number of benzene rings is 1. The van der Waals surface area contributed by atoms with Gasteiger partial charge in [0, 0.05) is 30.9 Å². The summed E-state index contributed by atoms with van der Waals surface area (Å²) >= 11 is 0. The number of likely N-dealkylation sites (tertiary alicyclic amines) is 1. The van der Waals surface area contributed by atoms with Gasteiger partial charge in [0.25, 0.3) is 5.91 Å². The van der Waals surface area contributed by atoms with Crippen molar-refractivity contribution in [2.75, 3.05) is 13.1 Å². The fourth-order valence-corrected chi connectivity index (χ4v) is 5.08. The lowest BCUT2D eigenvalue weighted by atomic mass is 9.74. The van der Waals surface area contributed by atoms with E-state index >= 15 is 0 Å². The van der Waals surface area contributed by atoms with Gasteiger partial charge in [0.15, 0.2) is 0 Å². The van der Waals surface area contributed by atoms with E-state index in [0.29, 0.717) is 49.5 Å². The minimum absolute atomic E-state index is 0.0824. The molecule has 1 atom stereocenters. The van der Waals surface area contributed by atoms with Crippen molar-refractivity contribution in [2.45, 2.75) is 51.6 Å². The Morgan fingerprint density at radius 1 is 1.17 bits per heavy atom. The molecule has 1 aromatic carbocycles. The van der Waals surface area contributed by atoms with Crippen molar-refractivity contribution in [1.29, 1.82) is 0 Å². The van der Waals surface area contributed by atoms with E-state index < -0.39 is 5.54 Å². The smallest absolute Gasteiger partial charge is 0.325 e. The first-order valence-electron chi connectivity index (χ1n) is 12.6. The summed E-state index contributed by atoms with van der Waals surface area (Å²) in [6.45, 7) is 5.27. The third kappa shape index (κ3) is 5.48. The third-order valence-electron chi connectivity index (χ3n) is 7.18. The number of carbonyl (C=O) groups excluding carboxylic acids is 3. The Bertz CT molecular complexity index is 1130. The molecule has 0 radical (unpaired) electrons. The van der Waals surface area contributed by atoms with Crippen molar-refractivity contribution >= 4 is 23.9 Å². The Labute approximate surface area is 211 Å². The van der Waals surface area contributed by atoms with Crippen molar-refractivity contribution < 1.29 is 18.8 Å². The van der Waals surface area contributed by atoms with Gasteiger partial charge >= 0.3 is 6.03 Å². The molecule has 190 valence electrons. The number of rotatable bonds is 8. The minimum Gasteiger partial charge on any atom is -0.339 e.